The standard InChI is InChI=1S/C24H21ClN6O4/c1-34-21-10-19-14(9-15(21)23(26)32)20(6-7-27-19)35-13-4-5-17(16(25)8-13)28-24(33)29-22-11-18(30-31-22)12-2-3-12/h4-12H,2-3H2,1H3,(H2,26,32)(H3,28,29,30,31,33). The molecule has 0 atom stereocenters. The third-order valence-corrected chi connectivity index (χ3v) is 5.86. The first kappa shape index (κ1) is 22.5. The molecule has 0 saturated heterocycles. The van der Waals surface area contributed by atoms with E-state index in [2.05, 4.69) is 25.8 Å². The summed E-state index contributed by atoms with van der Waals surface area (Å²) in [4.78, 5) is 28.5. The van der Waals surface area contributed by atoms with Crippen LogP contribution in [0.1, 0.15) is 34.8 Å². The van der Waals surface area contributed by atoms with Gasteiger partial charge < -0.3 is 20.5 Å². The molecule has 35 heavy (non-hydrogen) atoms. The normalized spacial score (nSPS) is 12.9. The second kappa shape index (κ2) is 9.15. The second-order valence-corrected chi connectivity index (χ2v) is 8.45. The minimum absolute atomic E-state index is 0.211. The number of fused-ring (bicyclic) bond motifs is 1. The van der Waals surface area contributed by atoms with Crippen LogP contribution in [-0.2, 0) is 0 Å². The molecule has 4 aromatic rings. The Labute approximate surface area is 204 Å². The number of halogens is 1. The highest BCUT2D eigenvalue weighted by molar-refractivity contribution is 6.34. The lowest BCUT2D eigenvalue weighted by molar-refractivity contribution is 0.0997. The fourth-order valence-corrected chi connectivity index (χ4v) is 3.87. The maximum absolute atomic E-state index is 12.4. The molecule has 1 aliphatic rings. The molecule has 10 nitrogen and oxygen atoms in total. The molecule has 1 fully saturated rings. The zero-order valence-electron chi connectivity index (χ0n) is 18.6. The lowest BCUT2D eigenvalue weighted by atomic mass is 10.1. The van der Waals surface area contributed by atoms with Crippen molar-refractivity contribution in [3.63, 3.8) is 0 Å². The Morgan fingerprint density at radius 1 is 1.11 bits per heavy atom. The maximum atomic E-state index is 12.4. The summed E-state index contributed by atoms with van der Waals surface area (Å²) in [5.74, 6) is 1.55. The molecule has 178 valence electrons. The number of rotatable bonds is 7. The molecule has 11 heteroatoms. The largest absolute Gasteiger partial charge is 0.496 e. The van der Waals surface area contributed by atoms with Crippen molar-refractivity contribution in [2.24, 2.45) is 5.73 Å². The predicted molar refractivity (Wildman–Crippen MR) is 132 cm³/mol. The molecule has 0 bridgehead atoms. The van der Waals surface area contributed by atoms with E-state index in [0.29, 0.717) is 45.6 Å². The molecule has 2 aromatic heterocycles. The molecule has 2 aromatic carbocycles. The van der Waals surface area contributed by atoms with Crippen LogP contribution in [0.3, 0.4) is 0 Å². The predicted octanol–water partition coefficient (Wildman–Crippen LogP) is 5.03. The van der Waals surface area contributed by atoms with E-state index in [1.54, 1.807) is 42.6 Å². The number of anilines is 2. The summed E-state index contributed by atoms with van der Waals surface area (Å²) >= 11 is 6.39. The SMILES string of the molecule is COc1cc2nccc(Oc3ccc(NC(=O)Nc4cc(C5CC5)n[nH]4)c(Cl)c3)c2cc1C(N)=O. The first-order chi connectivity index (χ1) is 16.9. The van der Waals surface area contributed by atoms with Gasteiger partial charge in [-0.25, -0.2) is 4.79 Å². The number of hydrogen-bond acceptors (Lipinski definition) is 6. The van der Waals surface area contributed by atoms with Gasteiger partial charge in [-0.1, -0.05) is 11.6 Å². The smallest absolute Gasteiger partial charge is 0.324 e. The highest BCUT2D eigenvalue weighted by Gasteiger charge is 2.26. The van der Waals surface area contributed by atoms with Crippen LogP contribution in [0.25, 0.3) is 10.9 Å². The highest BCUT2D eigenvalue weighted by Crippen LogP contribution is 2.39. The first-order valence-electron chi connectivity index (χ1n) is 10.8. The average molecular weight is 493 g/mol. The number of carbonyl (C=O) groups is 2. The van der Waals surface area contributed by atoms with Gasteiger partial charge in [-0.15, -0.1) is 0 Å². The van der Waals surface area contributed by atoms with Gasteiger partial charge in [-0.05, 0) is 37.1 Å². The van der Waals surface area contributed by atoms with Gasteiger partial charge in [0.1, 0.15) is 23.1 Å². The molecule has 0 unspecified atom stereocenters. The monoisotopic (exact) mass is 492 g/mol. The number of aromatic nitrogens is 3. The number of hydrogen-bond donors (Lipinski definition) is 4. The van der Waals surface area contributed by atoms with Gasteiger partial charge in [0.15, 0.2) is 0 Å². The van der Waals surface area contributed by atoms with E-state index in [9.17, 15) is 9.59 Å². The molecule has 0 aliphatic heterocycles. The summed E-state index contributed by atoms with van der Waals surface area (Å²) in [5.41, 5.74) is 7.61. The van der Waals surface area contributed by atoms with Crippen molar-refractivity contribution in [1.29, 1.82) is 0 Å². The van der Waals surface area contributed by atoms with Gasteiger partial charge in [-0.2, -0.15) is 5.10 Å². The van der Waals surface area contributed by atoms with E-state index in [-0.39, 0.29) is 10.6 Å². The van der Waals surface area contributed by atoms with Crippen molar-refractivity contribution in [1.82, 2.24) is 15.2 Å². The summed E-state index contributed by atoms with van der Waals surface area (Å²) in [5, 5.41) is 13.3. The van der Waals surface area contributed by atoms with Gasteiger partial charge in [0.05, 0.1) is 34.6 Å². The van der Waals surface area contributed by atoms with Gasteiger partial charge in [0, 0.05) is 35.7 Å². The Balaban J connectivity index is 1.32. The molecule has 1 aliphatic carbocycles. The number of pyridine rings is 1. The molecular formula is C24H21ClN6O4. The fourth-order valence-electron chi connectivity index (χ4n) is 3.65. The topological polar surface area (TPSA) is 144 Å². The molecule has 3 amide bonds. The van der Waals surface area contributed by atoms with Crippen molar-refractivity contribution in [3.05, 3.63) is 64.9 Å². The average Bonchev–Trinajstić information content (AvgIpc) is 3.59. The quantitative estimate of drug-likeness (QED) is 0.284. The Bertz CT molecular complexity index is 1450. The number of nitrogens with zero attached hydrogens (tertiary/aromatic N) is 2. The maximum Gasteiger partial charge on any atom is 0.324 e. The third kappa shape index (κ3) is 4.82. The number of H-pyrrole nitrogens is 1. The number of amides is 3. The van der Waals surface area contributed by atoms with E-state index >= 15 is 0 Å². The Morgan fingerprint density at radius 3 is 2.66 bits per heavy atom. The van der Waals surface area contributed by atoms with Gasteiger partial charge in [-0.3, -0.25) is 20.2 Å². The zero-order chi connectivity index (χ0) is 24.5. The molecule has 5 rings (SSSR count). The second-order valence-electron chi connectivity index (χ2n) is 8.05. The van der Waals surface area contributed by atoms with Crippen LogP contribution in [0.15, 0.2) is 48.7 Å². The summed E-state index contributed by atoms with van der Waals surface area (Å²) in [6, 6.07) is 11.1. The van der Waals surface area contributed by atoms with Crippen molar-refractivity contribution in [2.45, 2.75) is 18.8 Å². The zero-order valence-corrected chi connectivity index (χ0v) is 19.3. The van der Waals surface area contributed by atoms with Crippen LogP contribution in [0, 0.1) is 0 Å². The summed E-state index contributed by atoms with van der Waals surface area (Å²) in [7, 11) is 1.45. The number of ether oxygens (including phenoxy) is 2. The van der Waals surface area contributed by atoms with Gasteiger partial charge in [0.25, 0.3) is 5.91 Å². The number of methoxy groups -OCH3 is 1. The van der Waals surface area contributed by atoms with Gasteiger partial charge >= 0.3 is 6.03 Å². The van der Waals surface area contributed by atoms with Crippen molar-refractivity contribution in [2.75, 3.05) is 17.7 Å². The number of carbonyl (C=O) groups excluding carboxylic acids is 2. The number of aromatic amines is 1. The van der Waals surface area contributed by atoms with Crippen molar-refractivity contribution in [3.8, 4) is 17.2 Å². The minimum Gasteiger partial charge on any atom is -0.496 e. The van der Waals surface area contributed by atoms with Crippen LogP contribution in [0.5, 0.6) is 17.2 Å². The van der Waals surface area contributed by atoms with E-state index < -0.39 is 11.9 Å². The molecular weight excluding hydrogens is 472 g/mol. The lowest BCUT2D eigenvalue weighted by Gasteiger charge is -2.13. The number of nitrogens with two attached hydrogens (primary N) is 1. The van der Waals surface area contributed by atoms with E-state index in [4.69, 9.17) is 26.8 Å². The number of benzene rings is 2. The molecule has 0 radical (unpaired) electrons. The third-order valence-electron chi connectivity index (χ3n) is 5.55. The van der Waals surface area contributed by atoms with Crippen molar-refractivity contribution >= 4 is 45.9 Å². The van der Waals surface area contributed by atoms with Crippen LogP contribution in [0.4, 0.5) is 16.3 Å². The number of nitrogens with one attached hydrogen (secondary N) is 3. The molecule has 0 spiro atoms. The van der Waals surface area contributed by atoms with E-state index in [1.807, 2.05) is 6.07 Å². The van der Waals surface area contributed by atoms with Crippen LogP contribution < -0.4 is 25.8 Å². The van der Waals surface area contributed by atoms with Crippen LogP contribution >= 0.6 is 11.6 Å². The van der Waals surface area contributed by atoms with Crippen LogP contribution in [0.2, 0.25) is 5.02 Å². The Morgan fingerprint density at radius 2 is 1.94 bits per heavy atom. The Hall–Kier alpha value is -4.31. The fraction of sp³-hybridized carbons (Fsp3) is 0.167. The molecule has 5 N–H and O–H groups in total. The molecule has 2 heterocycles. The number of primary amides is 1. The Kier molecular flexibility index (Phi) is 5.87. The summed E-state index contributed by atoms with van der Waals surface area (Å²) in [6.45, 7) is 0. The minimum atomic E-state index is -0.630. The lowest BCUT2D eigenvalue weighted by Crippen LogP contribution is -2.19. The van der Waals surface area contributed by atoms with Gasteiger partial charge in [0.2, 0.25) is 0 Å². The van der Waals surface area contributed by atoms with E-state index in [0.717, 1.165) is 18.5 Å². The van der Waals surface area contributed by atoms with Crippen molar-refractivity contribution < 1.29 is 19.1 Å². The first-order valence-corrected chi connectivity index (χ1v) is 11.2. The summed E-state index contributed by atoms with van der Waals surface area (Å²) < 4.78 is 11.2. The van der Waals surface area contributed by atoms with E-state index in [1.165, 1.54) is 7.11 Å². The highest BCUT2D eigenvalue weighted by atomic mass is 35.5. The summed E-state index contributed by atoms with van der Waals surface area (Å²) in [6.07, 6.45) is 3.82. The molecule has 1 saturated carbocycles. The number of urea groups is 1. The van der Waals surface area contributed by atoms with Crippen LogP contribution in [-0.4, -0.2) is 34.2 Å².